The molecule has 0 unspecified atom stereocenters. The number of ether oxygens (including phenoxy) is 2. The minimum Gasteiger partial charge on any atom is -0.489 e. The van der Waals surface area contributed by atoms with Gasteiger partial charge in [0.15, 0.2) is 0 Å². The van der Waals surface area contributed by atoms with Gasteiger partial charge in [0.25, 0.3) is 5.91 Å². The Morgan fingerprint density at radius 3 is 2.61 bits per heavy atom. The van der Waals surface area contributed by atoms with Crippen molar-refractivity contribution < 1.29 is 28.2 Å². The van der Waals surface area contributed by atoms with E-state index in [0.29, 0.717) is 30.6 Å². The average molecular weight is 435 g/mol. The van der Waals surface area contributed by atoms with Gasteiger partial charge >= 0.3 is 6.09 Å². The summed E-state index contributed by atoms with van der Waals surface area (Å²) in [6, 6.07) is 5.03. The monoisotopic (exact) mass is 435 g/mol. The molecule has 0 spiro atoms. The van der Waals surface area contributed by atoms with E-state index in [1.165, 1.54) is 9.80 Å². The van der Waals surface area contributed by atoms with Crippen LogP contribution in [-0.2, 0) is 16.0 Å². The molecular weight excluding hydrogens is 405 g/mol. The molecule has 0 saturated carbocycles. The van der Waals surface area contributed by atoms with Crippen LogP contribution >= 0.6 is 0 Å². The fourth-order valence-electron chi connectivity index (χ4n) is 2.86. The van der Waals surface area contributed by atoms with Crippen LogP contribution in [-0.4, -0.2) is 73.6 Å². The van der Waals surface area contributed by atoms with E-state index < -0.39 is 11.7 Å². The Labute approximate surface area is 182 Å². The van der Waals surface area contributed by atoms with Crippen molar-refractivity contribution in [3.05, 3.63) is 41.2 Å². The van der Waals surface area contributed by atoms with Gasteiger partial charge in [-0.1, -0.05) is 0 Å². The van der Waals surface area contributed by atoms with Gasteiger partial charge in [0, 0.05) is 38.3 Å². The Hall–Kier alpha value is -3.10. The Balaban J connectivity index is 1.93. The molecule has 3 amide bonds. The molecule has 0 fully saturated rings. The van der Waals surface area contributed by atoms with E-state index in [2.05, 4.69) is 5.32 Å². The van der Waals surface area contributed by atoms with E-state index in [4.69, 9.17) is 9.47 Å². The van der Waals surface area contributed by atoms with Gasteiger partial charge in [0.2, 0.25) is 5.91 Å². The number of carbonyl (C=O) groups is 3. The van der Waals surface area contributed by atoms with Gasteiger partial charge in [-0.25, -0.2) is 9.18 Å². The van der Waals surface area contributed by atoms with Gasteiger partial charge in [-0.15, -0.1) is 0 Å². The molecule has 1 aliphatic rings. The Bertz CT molecular complexity index is 861. The highest BCUT2D eigenvalue weighted by Crippen LogP contribution is 2.24. The quantitative estimate of drug-likeness (QED) is 0.711. The first kappa shape index (κ1) is 24.2. The SMILES string of the molecule is CN(C)C(=O)CN1CCc2cc(OC/C(=C\F)CNC(=O)OC(C)(C)C)ccc2C1=O. The third-order valence-electron chi connectivity index (χ3n) is 4.51. The summed E-state index contributed by atoms with van der Waals surface area (Å²) < 4.78 is 23.9. The molecule has 0 bridgehead atoms. The maximum atomic E-state index is 13.2. The van der Waals surface area contributed by atoms with Crippen LogP contribution in [0.1, 0.15) is 36.7 Å². The van der Waals surface area contributed by atoms with Crippen molar-refractivity contribution in [3.63, 3.8) is 0 Å². The number of likely N-dealkylation sites (N-methyl/N-ethyl adjacent to an activating group) is 1. The van der Waals surface area contributed by atoms with Crippen molar-refractivity contribution in [2.24, 2.45) is 0 Å². The highest BCUT2D eigenvalue weighted by atomic mass is 19.1. The molecule has 0 aliphatic carbocycles. The fraction of sp³-hybridized carbons (Fsp3) is 0.500. The number of nitrogens with one attached hydrogen (secondary N) is 1. The molecule has 170 valence electrons. The number of alkyl carbamates (subject to hydrolysis) is 1. The molecule has 0 aromatic heterocycles. The minimum absolute atomic E-state index is 0.0405. The number of fused-ring (bicyclic) bond motifs is 1. The number of carbonyl (C=O) groups excluding carboxylic acids is 3. The molecule has 1 N–H and O–H groups in total. The highest BCUT2D eigenvalue weighted by molar-refractivity contribution is 5.98. The van der Waals surface area contributed by atoms with Crippen molar-refractivity contribution in [3.8, 4) is 5.75 Å². The smallest absolute Gasteiger partial charge is 0.407 e. The zero-order chi connectivity index (χ0) is 23.2. The van der Waals surface area contributed by atoms with Gasteiger partial charge in [-0.05, 0) is 51.0 Å². The Morgan fingerprint density at radius 2 is 2.00 bits per heavy atom. The first-order valence-corrected chi connectivity index (χ1v) is 10.0. The number of benzene rings is 1. The lowest BCUT2D eigenvalue weighted by Gasteiger charge is -2.29. The number of rotatable bonds is 7. The minimum atomic E-state index is -0.643. The summed E-state index contributed by atoms with van der Waals surface area (Å²) in [6.45, 7) is 5.57. The topological polar surface area (TPSA) is 88.2 Å². The Morgan fingerprint density at radius 1 is 1.29 bits per heavy atom. The molecule has 1 aromatic carbocycles. The highest BCUT2D eigenvalue weighted by Gasteiger charge is 2.26. The summed E-state index contributed by atoms with van der Waals surface area (Å²) in [5.41, 5.74) is 0.926. The lowest BCUT2D eigenvalue weighted by atomic mass is 9.98. The second kappa shape index (κ2) is 10.3. The summed E-state index contributed by atoms with van der Waals surface area (Å²) in [5, 5.41) is 2.48. The van der Waals surface area contributed by atoms with E-state index >= 15 is 0 Å². The molecule has 2 rings (SSSR count). The van der Waals surface area contributed by atoms with Crippen LogP contribution in [0.2, 0.25) is 0 Å². The van der Waals surface area contributed by atoms with Crippen molar-refractivity contribution in [2.75, 3.05) is 40.3 Å². The lowest BCUT2D eigenvalue weighted by Crippen LogP contribution is -2.43. The largest absolute Gasteiger partial charge is 0.489 e. The van der Waals surface area contributed by atoms with Crippen molar-refractivity contribution in [1.29, 1.82) is 0 Å². The van der Waals surface area contributed by atoms with E-state index in [1.807, 2.05) is 0 Å². The zero-order valence-corrected chi connectivity index (χ0v) is 18.7. The van der Waals surface area contributed by atoms with Crippen molar-refractivity contribution in [2.45, 2.75) is 32.8 Å². The van der Waals surface area contributed by atoms with E-state index in [9.17, 15) is 18.8 Å². The summed E-state index contributed by atoms with van der Waals surface area (Å²) in [6.07, 6.45) is 0.334. The van der Waals surface area contributed by atoms with Crippen LogP contribution in [0.3, 0.4) is 0 Å². The third-order valence-corrected chi connectivity index (χ3v) is 4.51. The molecule has 9 heteroatoms. The van der Waals surface area contributed by atoms with Gasteiger partial charge in [0.05, 0.1) is 6.33 Å². The standard InChI is InChI=1S/C22H30FN3O5/c1-22(2,3)31-21(29)24-12-15(11-23)14-30-17-6-7-18-16(10-17)8-9-26(20(18)28)13-19(27)25(4)5/h6-7,10-11H,8-9,12-14H2,1-5H3,(H,24,29)/b15-11-. The summed E-state index contributed by atoms with van der Waals surface area (Å²) >= 11 is 0. The van der Waals surface area contributed by atoms with Crippen LogP contribution in [0.4, 0.5) is 9.18 Å². The van der Waals surface area contributed by atoms with Gasteiger partial charge in [-0.2, -0.15) is 0 Å². The summed E-state index contributed by atoms with van der Waals surface area (Å²) in [4.78, 5) is 39.2. The Kier molecular flexibility index (Phi) is 8.01. The summed E-state index contributed by atoms with van der Waals surface area (Å²) in [7, 11) is 3.30. The maximum Gasteiger partial charge on any atom is 0.407 e. The fourth-order valence-corrected chi connectivity index (χ4v) is 2.86. The molecule has 31 heavy (non-hydrogen) atoms. The van der Waals surface area contributed by atoms with Crippen molar-refractivity contribution in [1.82, 2.24) is 15.1 Å². The van der Waals surface area contributed by atoms with Gasteiger partial charge < -0.3 is 24.6 Å². The second-order valence-corrected chi connectivity index (χ2v) is 8.50. The first-order chi connectivity index (χ1) is 14.5. The first-order valence-electron chi connectivity index (χ1n) is 10.0. The number of halogens is 1. The zero-order valence-electron chi connectivity index (χ0n) is 18.7. The van der Waals surface area contributed by atoms with Crippen LogP contribution in [0.5, 0.6) is 5.75 Å². The van der Waals surface area contributed by atoms with Crippen LogP contribution in [0.15, 0.2) is 30.1 Å². The third kappa shape index (κ3) is 7.27. The number of amides is 3. The lowest BCUT2D eigenvalue weighted by molar-refractivity contribution is -0.129. The molecule has 1 aromatic rings. The predicted octanol–water partition coefficient (Wildman–Crippen LogP) is 2.53. The molecule has 1 heterocycles. The predicted molar refractivity (Wildman–Crippen MR) is 114 cm³/mol. The summed E-state index contributed by atoms with van der Waals surface area (Å²) in [5.74, 6) is 0.150. The van der Waals surface area contributed by atoms with E-state index in [0.717, 1.165) is 5.56 Å². The molecular formula is C22H30FN3O5. The number of hydrogen-bond donors (Lipinski definition) is 1. The number of hydrogen-bond acceptors (Lipinski definition) is 5. The van der Waals surface area contributed by atoms with Gasteiger partial charge in [-0.3, -0.25) is 9.59 Å². The van der Waals surface area contributed by atoms with Gasteiger partial charge in [0.1, 0.15) is 24.5 Å². The maximum absolute atomic E-state index is 13.2. The molecule has 8 nitrogen and oxygen atoms in total. The van der Waals surface area contributed by atoms with Crippen LogP contribution in [0, 0.1) is 0 Å². The second-order valence-electron chi connectivity index (χ2n) is 8.50. The number of nitrogens with zero attached hydrogens (tertiary/aromatic N) is 2. The molecule has 0 saturated heterocycles. The molecule has 0 atom stereocenters. The normalized spacial score (nSPS) is 14.1. The molecule has 0 radical (unpaired) electrons. The van der Waals surface area contributed by atoms with Crippen molar-refractivity contribution >= 4 is 17.9 Å². The molecule has 1 aliphatic heterocycles. The van der Waals surface area contributed by atoms with E-state index in [-0.39, 0.29) is 37.1 Å². The van der Waals surface area contributed by atoms with E-state index in [1.54, 1.807) is 53.1 Å². The average Bonchev–Trinajstić information content (AvgIpc) is 2.68. The van der Waals surface area contributed by atoms with Crippen LogP contribution in [0.25, 0.3) is 0 Å². The van der Waals surface area contributed by atoms with Crippen LogP contribution < -0.4 is 10.1 Å².